The molecule has 1 atom stereocenters. The normalized spacial score (nSPS) is 14.3. The molecule has 0 saturated carbocycles. The number of hydrogen-bond donors (Lipinski definition) is 2. The van der Waals surface area contributed by atoms with Crippen LogP contribution in [0.5, 0.6) is 11.5 Å². The van der Waals surface area contributed by atoms with E-state index in [9.17, 15) is 4.79 Å². The fourth-order valence-electron chi connectivity index (χ4n) is 4.82. The van der Waals surface area contributed by atoms with Gasteiger partial charge in [-0.2, -0.15) is 4.98 Å². The van der Waals surface area contributed by atoms with Gasteiger partial charge in [-0.25, -0.2) is 4.68 Å². The van der Waals surface area contributed by atoms with E-state index in [1.54, 1.807) is 16.4 Å². The zero-order valence-electron chi connectivity index (χ0n) is 24.7. The summed E-state index contributed by atoms with van der Waals surface area (Å²) in [6.07, 6.45) is 1.01. The fourth-order valence-corrected chi connectivity index (χ4v) is 5.50. The molecule has 1 unspecified atom stereocenters. The summed E-state index contributed by atoms with van der Waals surface area (Å²) in [4.78, 5) is 18.7. The first kappa shape index (κ1) is 29.3. The van der Waals surface area contributed by atoms with E-state index in [-0.39, 0.29) is 5.91 Å². The maximum atomic E-state index is 13.9. The molecular formula is C33H37N5O3S. The number of aryl methyl sites for hydroxylation is 2. The van der Waals surface area contributed by atoms with Crippen LogP contribution >= 0.6 is 11.8 Å². The average molecular weight is 584 g/mol. The predicted octanol–water partition coefficient (Wildman–Crippen LogP) is 7.30. The first-order valence-corrected chi connectivity index (χ1v) is 15.3. The average Bonchev–Trinajstić information content (AvgIpc) is 3.39. The van der Waals surface area contributed by atoms with Crippen LogP contribution in [-0.2, 0) is 11.4 Å². The Labute approximate surface area is 251 Å². The van der Waals surface area contributed by atoms with Gasteiger partial charge in [0.15, 0.2) is 11.5 Å². The molecule has 0 bridgehead atoms. The van der Waals surface area contributed by atoms with Gasteiger partial charge >= 0.3 is 0 Å². The van der Waals surface area contributed by atoms with E-state index in [0.29, 0.717) is 41.4 Å². The van der Waals surface area contributed by atoms with E-state index in [2.05, 4.69) is 48.7 Å². The number of hydrogen-bond acceptors (Lipinski definition) is 7. The number of nitrogens with one attached hydrogen (secondary N) is 2. The van der Waals surface area contributed by atoms with Gasteiger partial charge < -0.3 is 20.1 Å². The van der Waals surface area contributed by atoms with Crippen molar-refractivity contribution in [2.75, 3.05) is 23.0 Å². The Morgan fingerprint density at radius 1 is 1.00 bits per heavy atom. The standard InChI is InChI=1S/C33H37N5O3S/c1-6-18-42-33-36-32-34-23(5)29(31(39)35-26-11-9-8-10-22(26)4)30(38(32)37-33)25-16-17-27(28(19-25)40-7-2)41-20-24-14-12-21(3)13-15-24/h8-17,19,30H,6-7,18,20H2,1-5H3,(H,35,39)(H,34,36,37). The number of para-hydroxylation sites is 1. The number of aromatic nitrogens is 3. The molecule has 1 aliphatic heterocycles. The number of carbonyl (C=O) groups is 1. The molecule has 0 radical (unpaired) electrons. The summed E-state index contributed by atoms with van der Waals surface area (Å²) in [5, 5.41) is 11.9. The van der Waals surface area contributed by atoms with Crippen LogP contribution in [0.3, 0.4) is 0 Å². The molecule has 218 valence electrons. The number of amides is 1. The molecule has 42 heavy (non-hydrogen) atoms. The van der Waals surface area contributed by atoms with Gasteiger partial charge in [0.05, 0.1) is 12.2 Å². The minimum absolute atomic E-state index is 0.208. The lowest BCUT2D eigenvalue weighted by Gasteiger charge is -2.29. The van der Waals surface area contributed by atoms with Gasteiger partial charge in [-0.3, -0.25) is 4.79 Å². The molecule has 1 amide bonds. The molecule has 0 saturated heterocycles. The molecule has 9 heteroatoms. The third kappa shape index (κ3) is 6.46. The fraction of sp³-hybridized carbons (Fsp3) is 0.303. The number of rotatable bonds is 11. The summed E-state index contributed by atoms with van der Waals surface area (Å²) in [5.74, 6) is 2.55. The van der Waals surface area contributed by atoms with Gasteiger partial charge in [0, 0.05) is 17.1 Å². The highest BCUT2D eigenvalue weighted by Gasteiger charge is 2.35. The molecule has 4 aromatic rings. The van der Waals surface area contributed by atoms with Crippen molar-refractivity contribution in [1.82, 2.24) is 14.8 Å². The second-order valence-electron chi connectivity index (χ2n) is 10.3. The summed E-state index contributed by atoms with van der Waals surface area (Å²) in [6.45, 7) is 10.9. The van der Waals surface area contributed by atoms with Crippen LogP contribution in [0.2, 0.25) is 0 Å². The highest BCUT2D eigenvalue weighted by Crippen LogP contribution is 2.40. The van der Waals surface area contributed by atoms with Crippen molar-refractivity contribution < 1.29 is 14.3 Å². The lowest BCUT2D eigenvalue weighted by atomic mass is 9.94. The summed E-state index contributed by atoms with van der Waals surface area (Å²) in [7, 11) is 0. The third-order valence-electron chi connectivity index (χ3n) is 7.00. The predicted molar refractivity (Wildman–Crippen MR) is 168 cm³/mol. The molecule has 8 nitrogen and oxygen atoms in total. The van der Waals surface area contributed by atoms with Crippen LogP contribution in [0.4, 0.5) is 11.6 Å². The summed E-state index contributed by atoms with van der Waals surface area (Å²) < 4.78 is 14.0. The SMILES string of the molecule is CCCSc1nc2n(n1)C(c1ccc(OCc3ccc(C)cc3)c(OCC)c1)C(C(=O)Nc1ccccc1C)=C(C)N2. The highest BCUT2D eigenvalue weighted by molar-refractivity contribution is 7.99. The Kier molecular flexibility index (Phi) is 9.17. The number of anilines is 2. The minimum atomic E-state index is -0.529. The van der Waals surface area contributed by atoms with Crippen molar-refractivity contribution in [1.29, 1.82) is 0 Å². The van der Waals surface area contributed by atoms with Gasteiger partial charge in [0.2, 0.25) is 11.1 Å². The van der Waals surface area contributed by atoms with Crippen molar-refractivity contribution in [2.45, 2.75) is 58.8 Å². The maximum Gasteiger partial charge on any atom is 0.255 e. The summed E-state index contributed by atoms with van der Waals surface area (Å²) in [5.41, 5.74) is 6.14. The Morgan fingerprint density at radius 2 is 1.79 bits per heavy atom. The number of ether oxygens (including phenoxy) is 2. The minimum Gasteiger partial charge on any atom is -0.490 e. The molecule has 3 aromatic carbocycles. The van der Waals surface area contributed by atoms with Crippen molar-refractivity contribution >= 4 is 29.3 Å². The molecule has 0 fully saturated rings. The zero-order chi connectivity index (χ0) is 29.6. The van der Waals surface area contributed by atoms with Crippen molar-refractivity contribution in [3.05, 3.63) is 100 Å². The van der Waals surface area contributed by atoms with Crippen LogP contribution in [0.15, 0.2) is 83.2 Å². The number of nitrogens with zero attached hydrogens (tertiary/aromatic N) is 3. The smallest absolute Gasteiger partial charge is 0.255 e. The van der Waals surface area contributed by atoms with Gasteiger partial charge in [0.25, 0.3) is 5.91 Å². The van der Waals surface area contributed by atoms with E-state index in [4.69, 9.17) is 19.6 Å². The van der Waals surface area contributed by atoms with Crippen molar-refractivity contribution in [3.63, 3.8) is 0 Å². The topological polar surface area (TPSA) is 90.3 Å². The molecule has 0 aliphatic carbocycles. The first-order valence-electron chi connectivity index (χ1n) is 14.3. The Morgan fingerprint density at radius 3 is 2.52 bits per heavy atom. The lowest BCUT2D eigenvalue weighted by Crippen LogP contribution is -2.31. The molecule has 0 spiro atoms. The largest absolute Gasteiger partial charge is 0.490 e. The number of fused-ring (bicyclic) bond motifs is 1. The highest BCUT2D eigenvalue weighted by atomic mass is 32.2. The molecule has 1 aliphatic rings. The summed E-state index contributed by atoms with van der Waals surface area (Å²) >= 11 is 1.60. The van der Waals surface area contributed by atoms with Crippen LogP contribution < -0.4 is 20.1 Å². The van der Waals surface area contributed by atoms with Crippen molar-refractivity contribution in [2.24, 2.45) is 0 Å². The van der Waals surface area contributed by atoms with Gasteiger partial charge in [-0.1, -0.05) is 72.8 Å². The number of thioether (sulfide) groups is 1. The van der Waals surface area contributed by atoms with E-state index in [0.717, 1.165) is 40.2 Å². The maximum absolute atomic E-state index is 13.9. The van der Waals surface area contributed by atoms with E-state index in [1.807, 2.05) is 63.2 Å². The van der Waals surface area contributed by atoms with Gasteiger partial charge in [-0.15, -0.1) is 5.10 Å². The van der Waals surface area contributed by atoms with E-state index >= 15 is 0 Å². The Bertz CT molecular complexity index is 1600. The molecule has 2 heterocycles. The molecule has 5 rings (SSSR count). The second-order valence-corrected chi connectivity index (χ2v) is 11.3. The van der Waals surface area contributed by atoms with Gasteiger partial charge in [-0.05, 0) is 69.0 Å². The molecular weight excluding hydrogens is 546 g/mol. The number of benzene rings is 3. The Hall–Kier alpha value is -4.24. The lowest BCUT2D eigenvalue weighted by molar-refractivity contribution is -0.113. The second kappa shape index (κ2) is 13.2. The van der Waals surface area contributed by atoms with Crippen molar-refractivity contribution in [3.8, 4) is 11.5 Å². The monoisotopic (exact) mass is 583 g/mol. The zero-order valence-corrected chi connectivity index (χ0v) is 25.5. The van der Waals surface area contributed by atoms with Crippen LogP contribution in [0.1, 0.15) is 55.5 Å². The first-order chi connectivity index (χ1) is 20.4. The molecule has 2 N–H and O–H groups in total. The van der Waals surface area contributed by atoms with E-state index in [1.165, 1.54) is 5.56 Å². The van der Waals surface area contributed by atoms with Crippen LogP contribution in [-0.4, -0.2) is 33.0 Å². The number of carbonyl (C=O) groups excluding carboxylic acids is 1. The van der Waals surface area contributed by atoms with E-state index < -0.39 is 6.04 Å². The van der Waals surface area contributed by atoms with Gasteiger partial charge in [0.1, 0.15) is 12.6 Å². The molecule has 1 aromatic heterocycles. The third-order valence-corrected chi connectivity index (χ3v) is 8.05. The quantitative estimate of drug-likeness (QED) is 0.179. The summed E-state index contributed by atoms with van der Waals surface area (Å²) in [6, 6.07) is 21.3. The van der Waals surface area contributed by atoms with Crippen LogP contribution in [0.25, 0.3) is 0 Å². The Balaban J connectivity index is 1.53. The number of allylic oxidation sites excluding steroid dienone is 1. The van der Waals surface area contributed by atoms with Crippen LogP contribution in [0, 0.1) is 13.8 Å².